The maximum absolute atomic E-state index is 13.5. The number of para-hydroxylation sites is 1. The molecule has 0 aliphatic carbocycles. The van der Waals surface area contributed by atoms with Crippen molar-refractivity contribution in [2.45, 2.75) is 63.1 Å². The predicted molar refractivity (Wildman–Crippen MR) is 119 cm³/mol. The summed E-state index contributed by atoms with van der Waals surface area (Å²) in [4.78, 5) is 56.5. The van der Waals surface area contributed by atoms with Crippen LogP contribution in [0.3, 0.4) is 0 Å². The SMILES string of the molecule is O=C(O)CCC(=O)NCCC[C@H]1c2[nH]c3ccccc3c2C[C@H]2C(=O)N3CCC[C@H]3C(=O)N21. The van der Waals surface area contributed by atoms with Crippen molar-refractivity contribution in [3.05, 3.63) is 35.5 Å². The van der Waals surface area contributed by atoms with E-state index >= 15 is 0 Å². The molecule has 2 aromatic rings. The Hall–Kier alpha value is -3.36. The Kier molecular flexibility index (Phi) is 5.55. The van der Waals surface area contributed by atoms with Crippen LogP contribution in [0.4, 0.5) is 0 Å². The molecule has 0 radical (unpaired) electrons. The van der Waals surface area contributed by atoms with Crippen LogP contribution in [0.1, 0.15) is 55.8 Å². The third kappa shape index (κ3) is 3.75. The number of hydrogen-bond acceptors (Lipinski definition) is 4. The summed E-state index contributed by atoms with van der Waals surface area (Å²) in [6, 6.07) is 6.88. The van der Waals surface area contributed by atoms with E-state index in [9.17, 15) is 19.2 Å². The summed E-state index contributed by atoms with van der Waals surface area (Å²) in [5, 5.41) is 12.6. The smallest absolute Gasteiger partial charge is 0.303 e. The molecule has 0 unspecified atom stereocenters. The first-order valence-corrected chi connectivity index (χ1v) is 11.7. The summed E-state index contributed by atoms with van der Waals surface area (Å²) in [6.45, 7) is 1.04. The minimum atomic E-state index is -1.00. The number of nitrogens with one attached hydrogen (secondary N) is 2. The highest BCUT2D eigenvalue weighted by Crippen LogP contribution is 2.43. The van der Waals surface area contributed by atoms with Gasteiger partial charge in [0.1, 0.15) is 12.1 Å². The first kappa shape index (κ1) is 21.5. The number of carboxylic acids is 1. The number of fused-ring (bicyclic) bond motifs is 5. The van der Waals surface area contributed by atoms with Gasteiger partial charge in [0.25, 0.3) is 0 Å². The number of carboxylic acid groups (broad SMARTS) is 1. The molecule has 3 aliphatic rings. The first-order valence-electron chi connectivity index (χ1n) is 11.7. The third-order valence-corrected chi connectivity index (χ3v) is 7.15. The van der Waals surface area contributed by atoms with E-state index in [4.69, 9.17) is 5.11 Å². The lowest BCUT2D eigenvalue weighted by atomic mass is 9.86. The van der Waals surface area contributed by atoms with E-state index < -0.39 is 12.0 Å². The molecule has 0 spiro atoms. The second-order valence-corrected chi connectivity index (χ2v) is 9.12. The lowest BCUT2D eigenvalue weighted by Gasteiger charge is -2.48. The number of carbonyl (C=O) groups excluding carboxylic acids is 3. The van der Waals surface area contributed by atoms with Crippen molar-refractivity contribution in [2.75, 3.05) is 13.1 Å². The Bertz CT molecular complexity index is 1130. The van der Waals surface area contributed by atoms with E-state index in [0.29, 0.717) is 38.8 Å². The Morgan fingerprint density at radius 3 is 2.76 bits per heavy atom. The van der Waals surface area contributed by atoms with Gasteiger partial charge in [-0.2, -0.15) is 0 Å². The van der Waals surface area contributed by atoms with Crippen LogP contribution in [0.5, 0.6) is 0 Å². The molecule has 3 atom stereocenters. The standard InChI is InChI=1S/C24H28N4O5/c29-20(9-10-21(30)31)25-11-3-7-17-22-15(14-5-1-2-6-16(14)26-22)13-19-23(32)27-12-4-8-18(27)24(33)28(17)19/h1-2,5-6,17-19,26H,3-4,7-13H2,(H,25,29)(H,30,31)/t17-,18-,19-/m0/s1. The number of nitrogens with zero attached hydrogens (tertiary/aromatic N) is 2. The van der Waals surface area contributed by atoms with Crippen molar-refractivity contribution in [2.24, 2.45) is 0 Å². The maximum atomic E-state index is 13.5. The highest BCUT2D eigenvalue weighted by atomic mass is 16.4. The highest BCUT2D eigenvalue weighted by Gasteiger charge is 2.52. The molecule has 3 amide bonds. The fraction of sp³-hybridized carbons (Fsp3) is 0.500. The zero-order valence-corrected chi connectivity index (χ0v) is 18.4. The Morgan fingerprint density at radius 2 is 1.94 bits per heavy atom. The Balaban J connectivity index is 1.39. The minimum absolute atomic E-state index is 0.0249. The van der Waals surface area contributed by atoms with Crippen molar-refractivity contribution < 1.29 is 24.3 Å². The molecular weight excluding hydrogens is 424 g/mol. The molecular formula is C24H28N4O5. The molecule has 3 N–H and O–H groups in total. The topological polar surface area (TPSA) is 123 Å². The molecule has 0 bridgehead atoms. The largest absolute Gasteiger partial charge is 0.481 e. The maximum Gasteiger partial charge on any atom is 0.303 e. The van der Waals surface area contributed by atoms with Crippen LogP contribution in [-0.4, -0.2) is 68.8 Å². The number of hydrogen-bond donors (Lipinski definition) is 3. The summed E-state index contributed by atoms with van der Waals surface area (Å²) < 4.78 is 0. The van der Waals surface area contributed by atoms with E-state index in [1.54, 1.807) is 9.80 Å². The lowest BCUT2D eigenvalue weighted by Crippen LogP contribution is -2.65. The van der Waals surface area contributed by atoms with Crippen molar-refractivity contribution >= 4 is 34.6 Å². The molecule has 9 nitrogen and oxygen atoms in total. The van der Waals surface area contributed by atoms with E-state index in [2.05, 4.69) is 10.3 Å². The van der Waals surface area contributed by atoms with Crippen molar-refractivity contribution in [1.82, 2.24) is 20.1 Å². The summed E-state index contributed by atoms with van der Waals surface area (Å²) in [7, 11) is 0. The van der Waals surface area contributed by atoms with E-state index in [0.717, 1.165) is 28.6 Å². The molecule has 9 heteroatoms. The number of aromatic amines is 1. The molecule has 174 valence electrons. The minimum Gasteiger partial charge on any atom is -0.481 e. The van der Waals surface area contributed by atoms with Crippen LogP contribution in [0.2, 0.25) is 0 Å². The highest BCUT2D eigenvalue weighted by molar-refractivity contribution is 5.99. The second-order valence-electron chi connectivity index (χ2n) is 9.12. The van der Waals surface area contributed by atoms with Gasteiger partial charge in [0, 0.05) is 42.5 Å². The number of rotatable bonds is 7. The molecule has 2 saturated heterocycles. The third-order valence-electron chi connectivity index (χ3n) is 7.15. The molecule has 5 rings (SSSR count). The molecule has 33 heavy (non-hydrogen) atoms. The lowest BCUT2D eigenvalue weighted by molar-refractivity contribution is -0.163. The van der Waals surface area contributed by atoms with Crippen LogP contribution in [0.15, 0.2) is 24.3 Å². The monoisotopic (exact) mass is 452 g/mol. The zero-order valence-electron chi connectivity index (χ0n) is 18.4. The van der Waals surface area contributed by atoms with Crippen LogP contribution < -0.4 is 5.32 Å². The number of carbonyl (C=O) groups is 4. The van der Waals surface area contributed by atoms with E-state index in [1.165, 1.54) is 0 Å². The average molecular weight is 453 g/mol. The van der Waals surface area contributed by atoms with Gasteiger partial charge in [-0.05, 0) is 37.3 Å². The summed E-state index contributed by atoms with van der Waals surface area (Å²) in [5.74, 6) is -1.23. The number of aromatic nitrogens is 1. The van der Waals surface area contributed by atoms with Gasteiger partial charge in [-0.1, -0.05) is 18.2 Å². The van der Waals surface area contributed by atoms with Crippen LogP contribution in [0, 0.1) is 0 Å². The number of amides is 3. The van der Waals surface area contributed by atoms with Crippen molar-refractivity contribution in [3.8, 4) is 0 Å². The number of piperazine rings is 1. The van der Waals surface area contributed by atoms with Gasteiger partial charge in [-0.25, -0.2) is 0 Å². The Morgan fingerprint density at radius 1 is 1.12 bits per heavy atom. The number of aliphatic carboxylic acids is 1. The fourth-order valence-electron chi connectivity index (χ4n) is 5.65. The Labute approximate surface area is 191 Å². The number of benzene rings is 1. The molecule has 1 aromatic carbocycles. The van der Waals surface area contributed by atoms with Crippen LogP contribution in [0.25, 0.3) is 10.9 Å². The molecule has 3 aliphatic heterocycles. The van der Waals surface area contributed by atoms with Crippen LogP contribution in [-0.2, 0) is 25.6 Å². The normalized spacial score (nSPS) is 23.9. The van der Waals surface area contributed by atoms with Gasteiger partial charge in [0.05, 0.1) is 12.5 Å². The first-order chi connectivity index (χ1) is 16.0. The molecule has 1 aromatic heterocycles. The van der Waals surface area contributed by atoms with Crippen LogP contribution >= 0.6 is 0 Å². The van der Waals surface area contributed by atoms with Gasteiger partial charge in [0.2, 0.25) is 17.7 Å². The zero-order chi connectivity index (χ0) is 23.1. The van der Waals surface area contributed by atoms with E-state index in [1.807, 2.05) is 24.3 Å². The predicted octanol–water partition coefficient (Wildman–Crippen LogP) is 1.73. The quantitative estimate of drug-likeness (QED) is 0.552. The van der Waals surface area contributed by atoms with Crippen molar-refractivity contribution in [3.63, 3.8) is 0 Å². The molecule has 2 fully saturated rings. The van der Waals surface area contributed by atoms with Gasteiger partial charge in [-0.3, -0.25) is 19.2 Å². The summed E-state index contributed by atoms with van der Waals surface area (Å²) in [6.07, 6.45) is 3.03. The van der Waals surface area contributed by atoms with Gasteiger partial charge in [0.15, 0.2) is 0 Å². The fourth-order valence-corrected chi connectivity index (χ4v) is 5.65. The van der Waals surface area contributed by atoms with Gasteiger partial charge < -0.3 is 25.2 Å². The average Bonchev–Trinajstić information content (AvgIpc) is 3.44. The van der Waals surface area contributed by atoms with Crippen molar-refractivity contribution in [1.29, 1.82) is 0 Å². The number of H-pyrrole nitrogens is 1. The summed E-state index contributed by atoms with van der Waals surface area (Å²) in [5.41, 5.74) is 3.08. The molecule has 4 heterocycles. The van der Waals surface area contributed by atoms with E-state index in [-0.39, 0.29) is 42.6 Å². The second kappa shape index (κ2) is 8.53. The molecule has 0 saturated carbocycles. The van der Waals surface area contributed by atoms with Gasteiger partial charge >= 0.3 is 5.97 Å². The summed E-state index contributed by atoms with van der Waals surface area (Å²) >= 11 is 0. The van der Waals surface area contributed by atoms with Gasteiger partial charge in [-0.15, -0.1) is 0 Å².